The number of hydrogen-bond acceptors (Lipinski definition) is 4. The first-order chi connectivity index (χ1) is 15.3. The first-order valence-electron chi connectivity index (χ1n) is 9.51. The molecule has 1 unspecified atom stereocenters. The Morgan fingerprint density at radius 1 is 0.938 bits per heavy atom. The van der Waals surface area contributed by atoms with Crippen LogP contribution in [0.1, 0.15) is 6.92 Å². The second-order valence-electron chi connectivity index (χ2n) is 6.67. The number of anilines is 2. The van der Waals surface area contributed by atoms with E-state index in [2.05, 4.69) is 42.5 Å². The normalized spacial score (nSPS) is 11.4. The van der Waals surface area contributed by atoms with Crippen molar-refractivity contribution in [3.63, 3.8) is 0 Å². The van der Waals surface area contributed by atoms with Crippen molar-refractivity contribution in [2.24, 2.45) is 0 Å². The highest BCUT2D eigenvalue weighted by Gasteiger charge is 2.16. The van der Waals surface area contributed by atoms with E-state index in [0.717, 1.165) is 8.95 Å². The van der Waals surface area contributed by atoms with E-state index >= 15 is 0 Å². The molecule has 6 nitrogen and oxygen atoms in total. The summed E-state index contributed by atoms with van der Waals surface area (Å²) in [5.74, 6) is 0.371. The summed E-state index contributed by atoms with van der Waals surface area (Å²) in [6.07, 6.45) is -0.746. The van der Waals surface area contributed by atoms with Crippen molar-refractivity contribution in [3.05, 3.63) is 80.7 Å². The molecule has 0 aliphatic rings. The fraction of sp³-hybridized carbons (Fsp3) is 0.130. The number of halogens is 3. The minimum Gasteiger partial charge on any atom is -0.483 e. The Hall–Kier alpha value is -2.55. The van der Waals surface area contributed by atoms with Gasteiger partial charge in [0.1, 0.15) is 11.5 Å². The number of carbonyl (C=O) groups excluding carboxylic acids is 2. The van der Waals surface area contributed by atoms with Gasteiger partial charge in [-0.05, 0) is 77.5 Å². The predicted molar refractivity (Wildman–Crippen MR) is 133 cm³/mol. The van der Waals surface area contributed by atoms with Gasteiger partial charge in [0.2, 0.25) is 0 Å². The summed E-state index contributed by atoms with van der Waals surface area (Å²) in [5, 5.41) is 5.94. The molecule has 0 fully saturated rings. The first kappa shape index (κ1) is 24.1. The van der Waals surface area contributed by atoms with E-state index in [0.29, 0.717) is 27.9 Å². The molecule has 0 heterocycles. The summed E-state index contributed by atoms with van der Waals surface area (Å²) in [6.45, 7) is 1.49. The van der Waals surface area contributed by atoms with Crippen molar-refractivity contribution in [2.45, 2.75) is 13.0 Å². The van der Waals surface area contributed by atoms with Crippen LogP contribution in [-0.4, -0.2) is 24.5 Å². The highest BCUT2D eigenvalue weighted by atomic mass is 79.9. The summed E-state index contributed by atoms with van der Waals surface area (Å²) >= 11 is 12.8. The smallest absolute Gasteiger partial charge is 0.265 e. The highest BCUT2D eigenvalue weighted by Crippen LogP contribution is 2.28. The lowest BCUT2D eigenvalue weighted by Gasteiger charge is -2.16. The van der Waals surface area contributed by atoms with E-state index in [-0.39, 0.29) is 18.4 Å². The summed E-state index contributed by atoms with van der Waals surface area (Å²) in [5.41, 5.74) is 1.14. The van der Waals surface area contributed by atoms with E-state index < -0.39 is 6.10 Å². The maximum Gasteiger partial charge on any atom is 0.265 e. The van der Waals surface area contributed by atoms with Gasteiger partial charge >= 0.3 is 0 Å². The molecule has 0 aliphatic carbocycles. The Bertz CT molecular complexity index is 1110. The van der Waals surface area contributed by atoms with Crippen LogP contribution in [0.15, 0.2) is 75.7 Å². The number of carbonyl (C=O) groups is 2. The Morgan fingerprint density at radius 2 is 1.59 bits per heavy atom. The van der Waals surface area contributed by atoms with Crippen molar-refractivity contribution < 1.29 is 19.1 Å². The number of hydrogen-bond donors (Lipinski definition) is 2. The molecule has 0 saturated carbocycles. The third-order valence-electron chi connectivity index (χ3n) is 4.20. The van der Waals surface area contributed by atoms with Crippen molar-refractivity contribution in [2.75, 3.05) is 17.2 Å². The number of amides is 2. The molecule has 2 amide bonds. The van der Waals surface area contributed by atoms with Crippen molar-refractivity contribution in [1.29, 1.82) is 0 Å². The zero-order valence-corrected chi connectivity index (χ0v) is 20.8. The number of rotatable bonds is 8. The van der Waals surface area contributed by atoms with E-state index in [1.165, 1.54) is 0 Å². The number of ether oxygens (including phenoxy) is 2. The van der Waals surface area contributed by atoms with Crippen LogP contribution in [0.5, 0.6) is 11.5 Å². The molecule has 9 heteroatoms. The van der Waals surface area contributed by atoms with Gasteiger partial charge in [-0.15, -0.1) is 0 Å². The lowest BCUT2D eigenvalue weighted by atomic mass is 10.2. The fourth-order valence-electron chi connectivity index (χ4n) is 2.60. The Labute approximate surface area is 207 Å². The van der Waals surface area contributed by atoms with E-state index in [4.69, 9.17) is 21.1 Å². The van der Waals surface area contributed by atoms with Gasteiger partial charge in [0.05, 0.1) is 9.50 Å². The van der Waals surface area contributed by atoms with Crippen molar-refractivity contribution in [3.8, 4) is 11.5 Å². The molecule has 166 valence electrons. The third kappa shape index (κ3) is 6.98. The van der Waals surface area contributed by atoms with Gasteiger partial charge in [-0.25, -0.2) is 0 Å². The largest absolute Gasteiger partial charge is 0.483 e. The molecular formula is C23H19Br2ClN2O4. The van der Waals surface area contributed by atoms with Gasteiger partial charge in [0.15, 0.2) is 12.7 Å². The summed E-state index contributed by atoms with van der Waals surface area (Å²) in [4.78, 5) is 24.5. The molecule has 1 atom stereocenters. The van der Waals surface area contributed by atoms with Crippen LogP contribution >= 0.6 is 43.5 Å². The lowest BCUT2D eigenvalue weighted by molar-refractivity contribution is -0.122. The molecule has 3 aromatic rings. The molecule has 0 aliphatic heterocycles. The Kier molecular flexibility index (Phi) is 8.55. The van der Waals surface area contributed by atoms with Crippen LogP contribution in [0.2, 0.25) is 5.02 Å². The molecule has 0 bridgehead atoms. The molecule has 0 radical (unpaired) electrons. The quantitative estimate of drug-likeness (QED) is 0.328. The molecule has 32 heavy (non-hydrogen) atoms. The number of benzene rings is 3. The van der Waals surface area contributed by atoms with Gasteiger partial charge in [-0.2, -0.15) is 0 Å². The van der Waals surface area contributed by atoms with Crippen LogP contribution < -0.4 is 20.1 Å². The maximum absolute atomic E-state index is 12.4. The molecule has 0 saturated heterocycles. The van der Waals surface area contributed by atoms with Crippen LogP contribution in [-0.2, 0) is 9.59 Å². The monoisotopic (exact) mass is 580 g/mol. The highest BCUT2D eigenvalue weighted by molar-refractivity contribution is 9.11. The minimum absolute atomic E-state index is 0.143. The van der Waals surface area contributed by atoms with Crippen LogP contribution in [0.4, 0.5) is 11.4 Å². The molecular weight excluding hydrogens is 564 g/mol. The second-order valence-corrected chi connectivity index (χ2v) is 8.85. The topological polar surface area (TPSA) is 76.7 Å². The minimum atomic E-state index is -0.746. The van der Waals surface area contributed by atoms with Gasteiger partial charge in [0, 0.05) is 15.8 Å². The van der Waals surface area contributed by atoms with Crippen LogP contribution in [0.3, 0.4) is 0 Å². The van der Waals surface area contributed by atoms with E-state index in [1.54, 1.807) is 61.5 Å². The summed E-state index contributed by atoms with van der Waals surface area (Å²) in [6, 6.07) is 19.1. The number of nitrogens with one attached hydrogen (secondary N) is 2. The Morgan fingerprint density at radius 3 is 2.25 bits per heavy atom. The predicted octanol–water partition coefficient (Wildman–Crippen LogP) is 6.29. The van der Waals surface area contributed by atoms with Crippen molar-refractivity contribution in [1.82, 2.24) is 0 Å². The lowest BCUT2D eigenvalue weighted by Crippen LogP contribution is -2.30. The SMILES string of the molecule is CC(Oc1ccccc1Cl)C(=O)Nc1ccc(NC(=O)COc2ccc(Br)cc2Br)cc1. The molecule has 3 rings (SSSR count). The molecule has 3 aromatic carbocycles. The molecule has 0 spiro atoms. The first-order valence-corrected chi connectivity index (χ1v) is 11.5. The second kappa shape index (κ2) is 11.4. The fourth-order valence-corrected chi connectivity index (χ4v) is 3.94. The van der Waals surface area contributed by atoms with Crippen LogP contribution in [0.25, 0.3) is 0 Å². The Balaban J connectivity index is 1.49. The summed E-state index contributed by atoms with van der Waals surface area (Å²) in [7, 11) is 0. The average Bonchev–Trinajstić information content (AvgIpc) is 2.76. The van der Waals surface area contributed by atoms with Crippen molar-refractivity contribution >= 4 is 66.6 Å². The number of para-hydroxylation sites is 1. The van der Waals surface area contributed by atoms with Crippen LogP contribution in [0, 0.1) is 0 Å². The third-order valence-corrected chi connectivity index (χ3v) is 5.62. The molecule has 2 N–H and O–H groups in total. The zero-order valence-electron chi connectivity index (χ0n) is 16.9. The summed E-state index contributed by atoms with van der Waals surface area (Å²) < 4.78 is 12.8. The van der Waals surface area contributed by atoms with Gasteiger partial charge in [-0.3, -0.25) is 9.59 Å². The van der Waals surface area contributed by atoms with Gasteiger partial charge in [0.25, 0.3) is 11.8 Å². The average molecular weight is 583 g/mol. The standard InChI is InChI=1S/C23H19Br2ClN2O4/c1-14(32-21-5-3-2-4-19(21)26)23(30)28-17-9-7-16(8-10-17)27-22(29)13-31-20-11-6-15(24)12-18(20)25/h2-12,14H,13H2,1H3,(H,27,29)(H,28,30). The van der Waals surface area contributed by atoms with Gasteiger partial charge < -0.3 is 20.1 Å². The zero-order chi connectivity index (χ0) is 23.1. The molecule has 0 aromatic heterocycles. The maximum atomic E-state index is 12.4. The van der Waals surface area contributed by atoms with E-state index in [9.17, 15) is 9.59 Å². The van der Waals surface area contributed by atoms with E-state index in [1.807, 2.05) is 12.1 Å². The van der Waals surface area contributed by atoms with Gasteiger partial charge in [-0.1, -0.05) is 39.7 Å².